The molecule has 2 heterocycles. The van der Waals surface area contributed by atoms with E-state index in [1.807, 2.05) is 6.07 Å². The first kappa shape index (κ1) is 25.4. The smallest absolute Gasteiger partial charge is 0.399 e. The van der Waals surface area contributed by atoms with Gasteiger partial charge in [-0.1, -0.05) is 59.8 Å². The van der Waals surface area contributed by atoms with Crippen molar-refractivity contribution >= 4 is 17.8 Å². The van der Waals surface area contributed by atoms with Gasteiger partial charge in [-0.05, 0) is 12.0 Å². The van der Waals surface area contributed by atoms with Gasteiger partial charge in [0.15, 0.2) is 0 Å². The molecule has 1 fully saturated rings. The molecule has 1 unspecified atom stereocenters. The zero-order valence-electron chi connectivity index (χ0n) is 16.2. The third-order valence-corrected chi connectivity index (χ3v) is 4.78. The quantitative estimate of drug-likeness (QED) is 0.415. The average Bonchev–Trinajstić information content (AvgIpc) is 3.40. The molecule has 2 aromatic carbocycles. The second kappa shape index (κ2) is 11.7. The van der Waals surface area contributed by atoms with Crippen molar-refractivity contribution in [1.82, 2.24) is 15.0 Å². The number of alkyl halides is 2. The van der Waals surface area contributed by atoms with E-state index in [1.54, 1.807) is 0 Å². The summed E-state index contributed by atoms with van der Waals surface area (Å²) in [6.45, 7) is 2.82. The Balaban J connectivity index is 0.000000220. The van der Waals surface area contributed by atoms with Gasteiger partial charge in [0.05, 0.1) is 6.10 Å². The molecule has 0 spiro atoms. The van der Waals surface area contributed by atoms with E-state index in [-0.39, 0.29) is 38.7 Å². The second-order valence-electron chi connectivity index (χ2n) is 6.76. The Bertz CT molecular complexity index is 932. The fraction of sp³-hybridized carbons (Fsp3) is 0.300. The maximum atomic E-state index is 12.8. The van der Waals surface area contributed by atoms with Crippen LogP contribution in [0.1, 0.15) is 17.9 Å². The van der Waals surface area contributed by atoms with Crippen molar-refractivity contribution in [2.75, 3.05) is 13.1 Å². The van der Waals surface area contributed by atoms with Crippen LogP contribution >= 0.6 is 12.1 Å². The molecule has 11 heteroatoms. The van der Waals surface area contributed by atoms with E-state index < -0.39 is 23.3 Å². The summed E-state index contributed by atoms with van der Waals surface area (Å²) in [6, 6.07) is 16.3. The van der Waals surface area contributed by atoms with Crippen molar-refractivity contribution < 1.29 is 43.4 Å². The minimum Gasteiger partial charge on any atom is -0.699 e. The zero-order valence-corrected chi connectivity index (χ0v) is 20.0. The molecule has 1 aromatic heterocycles. The van der Waals surface area contributed by atoms with Crippen LogP contribution in [0.5, 0.6) is 0 Å². The van der Waals surface area contributed by atoms with Crippen molar-refractivity contribution in [2.45, 2.75) is 24.3 Å². The molecule has 0 aliphatic carbocycles. The number of aliphatic hydroxyl groups excluding tert-OH is 1. The number of benzene rings is 2. The van der Waals surface area contributed by atoms with Gasteiger partial charge < -0.3 is 15.4 Å². The second-order valence-corrected chi connectivity index (χ2v) is 7.42. The van der Waals surface area contributed by atoms with Crippen molar-refractivity contribution in [1.29, 1.82) is 0 Å². The topological polar surface area (TPSA) is 86.2 Å². The van der Waals surface area contributed by atoms with Crippen molar-refractivity contribution in [3.05, 3.63) is 71.8 Å². The van der Waals surface area contributed by atoms with Gasteiger partial charge in [0, 0.05) is 46.3 Å². The van der Waals surface area contributed by atoms with Crippen LogP contribution in [0.3, 0.4) is 0 Å². The zero-order chi connectivity index (χ0) is 21.6. The normalized spacial score (nSPS) is 16.3. The monoisotopic (exact) mass is 621 g/mol. The van der Waals surface area contributed by atoms with E-state index in [0.29, 0.717) is 5.56 Å². The molecule has 1 atom stereocenters. The Morgan fingerprint density at radius 1 is 1.16 bits per heavy atom. The first-order valence-corrected chi connectivity index (χ1v) is 9.87. The van der Waals surface area contributed by atoms with Crippen LogP contribution in [-0.2, 0) is 32.9 Å². The molecule has 31 heavy (non-hydrogen) atoms. The molecule has 1 aliphatic rings. The van der Waals surface area contributed by atoms with Gasteiger partial charge in [-0.25, -0.2) is 0 Å². The SMILES string of the molecule is OC1CCN(Cc2ccccc2)C1.[NH-]c1ccc(-c2noc(C(F)(F)SF)n2)cc1.[W]. The number of likely N-dealkylation sites (tertiary alicyclic amines) is 1. The van der Waals surface area contributed by atoms with Gasteiger partial charge in [-0.2, -0.15) is 17.7 Å². The fourth-order valence-corrected chi connectivity index (χ4v) is 3.06. The minimum absolute atomic E-state index is 0. The molecule has 0 amide bonds. The van der Waals surface area contributed by atoms with Gasteiger partial charge >= 0.3 is 11.1 Å². The Kier molecular flexibility index (Phi) is 9.55. The molecule has 0 saturated carbocycles. The van der Waals surface area contributed by atoms with E-state index >= 15 is 0 Å². The van der Waals surface area contributed by atoms with Gasteiger partial charge in [0.2, 0.25) is 5.82 Å². The number of β-amino-alcohol motifs (C(OH)–C–C–N with tert-alkyl or cyclic N) is 1. The number of aromatic nitrogens is 2. The Hall–Kier alpha value is -1.87. The average molecular weight is 621 g/mol. The molecule has 6 nitrogen and oxygen atoms in total. The third kappa shape index (κ3) is 7.35. The number of rotatable bonds is 5. The van der Waals surface area contributed by atoms with Gasteiger partial charge in [0.25, 0.3) is 0 Å². The van der Waals surface area contributed by atoms with Crippen LogP contribution in [-0.4, -0.2) is 39.3 Å². The van der Waals surface area contributed by atoms with Crippen molar-refractivity contribution in [3.8, 4) is 11.4 Å². The van der Waals surface area contributed by atoms with Gasteiger partial charge in [-0.3, -0.25) is 4.90 Å². The maximum absolute atomic E-state index is 12.8. The molecular weight excluding hydrogens is 601 g/mol. The third-order valence-electron chi connectivity index (χ3n) is 4.41. The Morgan fingerprint density at radius 2 is 1.84 bits per heavy atom. The standard InChI is InChI=1S/C11H15NO.C9H5F3N3OS.W/c13-11-6-7-12(9-11)8-10-4-2-1-3-5-10;10-9(11,17-12)8-14-7(15-16-8)5-1-3-6(13)4-2-5;/h1-5,11,13H,6-9H2;1-4,13H;/q;-1;. The summed E-state index contributed by atoms with van der Waals surface area (Å²) in [6.07, 6.45) is 0.816. The van der Waals surface area contributed by atoms with E-state index in [1.165, 1.54) is 29.8 Å². The number of nitrogens with zero attached hydrogens (tertiary/aromatic N) is 3. The van der Waals surface area contributed by atoms with Crippen LogP contribution in [0.25, 0.3) is 17.1 Å². The van der Waals surface area contributed by atoms with Gasteiger partial charge in [0.1, 0.15) is 12.1 Å². The Morgan fingerprint density at radius 3 is 2.42 bits per heavy atom. The summed E-state index contributed by atoms with van der Waals surface area (Å²) in [4.78, 5) is 5.69. The number of hydrogen-bond donors (Lipinski definition) is 1. The summed E-state index contributed by atoms with van der Waals surface area (Å²) in [5.74, 6) is -1.16. The predicted molar refractivity (Wildman–Crippen MR) is 109 cm³/mol. The van der Waals surface area contributed by atoms with Crippen LogP contribution < -0.4 is 0 Å². The first-order valence-electron chi connectivity index (χ1n) is 9.15. The van der Waals surface area contributed by atoms with Crippen LogP contribution in [0.4, 0.5) is 18.4 Å². The molecular formula is C20H20F3N4O2SW-. The molecule has 1 saturated heterocycles. The molecule has 1 aliphatic heterocycles. The van der Waals surface area contributed by atoms with Crippen molar-refractivity contribution in [2.24, 2.45) is 0 Å². The molecule has 166 valence electrons. The largest absolute Gasteiger partial charge is 0.699 e. The summed E-state index contributed by atoms with van der Waals surface area (Å²) in [5, 5.41) is 8.81. The summed E-state index contributed by atoms with van der Waals surface area (Å²) >= 11 is -1.17. The summed E-state index contributed by atoms with van der Waals surface area (Å²) in [7, 11) is 0. The fourth-order valence-electron chi connectivity index (χ4n) is 2.91. The van der Waals surface area contributed by atoms with Crippen LogP contribution in [0.15, 0.2) is 59.1 Å². The number of nitrogens with one attached hydrogen (secondary N) is 1. The first-order chi connectivity index (χ1) is 14.4. The van der Waals surface area contributed by atoms with Gasteiger partial charge in [-0.15, -0.1) is 5.69 Å². The van der Waals surface area contributed by atoms with E-state index in [0.717, 1.165) is 26.1 Å². The maximum Gasteiger partial charge on any atom is 0.399 e. The van der Waals surface area contributed by atoms with Crippen molar-refractivity contribution in [3.63, 3.8) is 0 Å². The summed E-state index contributed by atoms with van der Waals surface area (Å²) in [5.41, 5.74) is 9.26. The molecule has 2 N–H and O–H groups in total. The number of hydrogen-bond acceptors (Lipinski definition) is 6. The Labute approximate surface area is 196 Å². The van der Waals surface area contributed by atoms with Crippen LogP contribution in [0, 0.1) is 0 Å². The molecule has 0 bridgehead atoms. The molecule has 3 aromatic rings. The summed E-state index contributed by atoms with van der Waals surface area (Å²) < 4.78 is 41.9. The minimum atomic E-state index is -3.85. The van der Waals surface area contributed by atoms with E-state index in [9.17, 15) is 17.8 Å². The number of halogens is 3. The van der Waals surface area contributed by atoms with Crippen LogP contribution in [0.2, 0.25) is 0 Å². The van der Waals surface area contributed by atoms with E-state index in [2.05, 4.69) is 43.8 Å². The molecule has 0 radical (unpaired) electrons. The number of aliphatic hydroxyl groups is 1. The predicted octanol–water partition coefficient (Wildman–Crippen LogP) is 5.34. The van der Waals surface area contributed by atoms with E-state index in [4.69, 9.17) is 5.73 Å². The molecule has 4 rings (SSSR count).